The van der Waals surface area contributed by atoms with Gasteiger partial charge in [0.05, 0.1) is 28.8 Å². The highest BCUT2D eigenvalue weighted by Crippen LogP contribution is 2.27. The van der Waals surface area contributed by atoms with E-state index in [-0.39, 0.29) is 18.9 Å². The van der Waals surface area contributed by atoms with Crippen LogP contribution in [0.3, 0.4) is 0 Å². The molecular formula is C23H22Cl2N2O6. The molecule has 0 bridgehead atoms. The van der Waals surface area contributed by atoms with Gasteiger partial charge in [-0.3, -0.25) is 14.4 Å². The average Bonchev–Trinajstić information content (AvgIpc) is 3.20. The van der Waals surface area contributed by atoms with E-state index in [4.69, 9.17) is 32.7 Å². The minimum Gasteiger partial charge on any atom is -0.462 e. The zero-order chi connectivity index (χ0) is 24.0. The van der Waals surface area contributed by atoms with E-state index < -0.39 is 30.4 Å². The number of ether oxygens (including phenoxy) is 2. The summed E-state index contributed by atoms with van der Waals surface area (Å²) in [5.74, 6) is -2.64. The van der Waals surface area contributed by atoms with Crippen LogP contribution in [0.25, 0.3) is 0 Å². The summed E-state index contributed by atoms with van der Waals surface area (Å²) in [6.07, 6.45) is 0.681. The Bertz CT molecular complexity index is 1060. The second-order valence-electron chi connectivity index (χ2n) is 7.37. The summed E-state index contributed by atoms with van der Waals surface area (Å²) in [5.41, 5.74) is 1.23. The van der Waals surface area contributed by atoms with Crippen LogP contribution in [0, 0.1) is 5.92 Å². The Hall–Kier alpha value is -3.10. The quantitative estimate of drug-likeness (QED) is 0.556. The third kappa shape index (κ3) is 6.46. The lowest BCUT2D eigenvalue weighted by Gasteiger charge is -2.17. The molecule has 0 spiro atoms. The number of amides is 2. The standard InChI is InChI=1S/C23H22Cl2N2O6/c1-2-9-32-22(30)14-3-6-17(7-4-14)27-12-15(10-21(27)29)23(31)33-13-20(28)26-19-11-16(24)5-8-18(19)25/h3-8,11,15H,2,9-10,12-13H2,1H3,(H,26,28)/t15-/m1/s1. The van der Waals surface area contributed by atoms with Crippen molar-refractivity contribution in [2.24, 2.45) is 5.92 Å². The van der Waals surface area contributed by atoms with Gasteiger partial charge < -0.3 is 19.7 Å². The van der Waals surface area contributed by atoms with Gasteiger partial charge in [-0.15, -0.1) is 0 Å². The summed E-state index contributed by atoms with van der Waals surface area (Å²) in [6, 6.07) is 11.0. The van der Waals surface area contributed by atoms with Crippen molar-refractivity contribution in [1.82, 2.24) is 0 Å². The van der Waals surface area contributed by atoms with E-state index in [1.165, 1.54) is 17.0 Å². The minimum atomic E-state index is -0.714. The van der Waals surface area contributed by atoms with E-state index in [0.717, 1.165) is 6.42 Å². The summed E-state index contributed by atoms with van der Waals surface area (Å²) in [7, 11) is 0. The Morgan fingerprint density at radius 2 is 1.82 bits per heavy atom. The van der Waals surface area contributed by atoms with Crippen molar-refractivity contribution in [3.05, 3.63) is 58.1 Å². The molecule has 3 rings (SSSR count). The van der Waals surface area contributed by atoms with E-state index in [2.05, 4.69) is 5.32 Å². The molecule has 0 unspecified atom stereocenters. The summed E-state index contributed by atoms with van der Waals surface area (Å²) >= 11 is 11.9. The molecule has 10 heteroatoms. The molecule has 0 aliphatic carbocycles. The molecule has 0 aromatic heterocycles. The van der Waals surface area contributed by atoms with Crippen molar-refractivity contribution in [2.75, 3.05) is 30.0 Å². The third-order valence-corrected chi connectivity index (χ3v) is 5.42. The van der Waals surface area contributed by atoms with Gasteiger partial charge in [-0.25, -0.2) is 4.79 Å². The summed E-state index contributed by atoms with van der Waals surface area (Å²) in [6.45, 7) is 1.82. The number of hydrogen-bond donors (Lipinski definition) is 1. The number of rotatable bonds is 8. The molecule has 33 heavy (non-hydrogen) atoms. The van der Waals surface area contributed by atoms with Gasteiger partial charge in [0.15, 0.2) is 6.61 Å². The fourth-order valence-electron chi connectivity index (χ4n) is 3.20. The predicted molar refractivity (Wildman–Crippen MR) is 124 cm³/mol. The van der Waals surface area contributed by atoms with Crippen LogP contribution in [0.5, 0.6) is 0 Å². The first-order valence-corrected chi connectivity index (χ1v) is 11.0. The first-order chi connectivity index (χ1) is 15.8. The Kier molecular flexibility index (Phi) is 8.30. The fraction of sp³-hybridized carbons (Fsp3) is 0.304. The van der Waals surface area contributed by atoms with E-state index in [1.54, 1.807) is 30.3 Å². The summed E-state index contributed by atoms with van der Waals surface area (Å²) in [4.78, 5) is 50.3. The average molecular weight is 493 g/mol. The van der Waals surface area contributed by atoms with Gasteiger partial charge >= 0.3 is 11.9 Å². The highest BCUT2D eigenvalue weighted by atomic mass is 35.5. The molecule has 1 heterocycles. The molecule has 0 saturated carbocycles. The lowest BCUT2D eigenvalue weighted by atomic mass is 10.1. The zero-order valence-corrected chi connectivity index (χ0v) is 19.3. The van der Waals surface area contributed by atoms with Gasteiger partial charge in [0.2, 0.25) is 5.91 Å². The SMILES string of the molecule is CCCOC(=O)c1ccc(N2C[C@H](C(=O)OCC(=O)Nc3cc(Cl)ccc3Cl)CC2=O)cc1. The molecule has 1 N–H and O–H groups in total. The lowest BCUT2D eigenvalue weighted by Crippen LogP contribution is -2.28. The van der Waals surface area contributed by atoms with Crippen molar-refractivity contribution in [3.8, 4) is 0 Å². The third-order valence-electron chi connectivity index (χ3n) is 4.86. The van der Waals surface area contributed by atoms with Gasteiger partial charge in [0, 0.05) is 23.7 Å². The number of benzene rings is 2. The monoisotopic (exact) mass is 492 g/mol. The van der Waals surface area contributed by atoms with Crippen LogP contribution in [-0.2, 0) is 23.9 Å². The topological polar surface area (TPSA) is 102 Å². The molecule has 1 saturated heterocycles. The molecule has 2 amide bonds. The normalized spacial score (nSPS) is 15.3. The van der Waals surface area contributed by atoms with Gasteiger partial charge in [0.25, 0.3) is 5.91 Å². The number of carbonyl (C=O) groups excluding carboxylic acids is 4. The van der Waals surface area contributed by atoms with Crippen LogP contribution in [0.2, 0.25) is 10.0 Å². The number of nitrogens with one attached hydrogen (secondary N) is 1. The second-order valence-corrected chi connectivity index (χ2v) is 8.21. The Labute approximate surface area is 200 Å². The molecule has 1 aliphatic rings. The first-order valence-electron chi connectivity index (χ1n) is 10.3. The van der Waals surface area contributed by atoms with Crippen LogP contribution in [0.1, 0.15) is 30.1 Å². The predicted octanol–water partition coefficient (Wildman–Crippen LogP) is 4.10. The molecule has 2 aromatic rings. The minimum absolute atomic E-state index is 0.0408. The number of anilines is 2. The van der Waals surface area contributed by atoms with E-state index >= 15 is 0 Å². The van der Waals surface area contributed by atoms with E-state index in [9.17, 15) is 19.2 Å². The molecule has 1 atom stereocenters. The van der Waals surface area contributed by atoms with Crippen LogP contribution in [0.4, 0.5) is 11.4 Å². The Morgan fingerprint density at radius 1 is 1.09 bits per heavy atom. The molecule has 1 aliphatic heterocycles. The highest BCUT2D eigenvalue weighted by Gasteiger charge is 2.36. The van der Waals surface area contributed by atoms with Crippen molar-refractivity contribution in [3.63, 3.8) is 0 Å². The Balaban J connectivity index is 1.53. The Morgan fingerprint density at radius 3 is 2.52 bits per heavy atom. The zero-order valence-electron chi connectivity index (χ0n) is 17.8. The molecule has 8 nitrogen and oxygen atoms in total. The van der Waals surface area contributed by atoms with Crippen molar-refractivity contribution >= 4 is 58.3 Å². The van der Waals surface area contributed by atoms with E-state index in [0.29, 0.717) is 33.6 Å². The number of nitrogens with zero attached hydrogens (tertiary/aromatic N) is 1. The maximum absolute atomic E-state index is 12.4. The molecule has 0 radical (unpaired) electrons. The van der Waals surface area contributed by atoms with Crippen molar-refractivity contribution < 1.29 is 28.7 Å². The second kappa shape index (κ2) is 11.2. The van der Waals surface area contributed by atoms with Crippen LogP contribution in [-0.4, -0.2) is 43.5 Å². The van der Waals surface area contributed by atoms with Gasteiger partial charge in [-0.05, 0) is 48.9 Å². The van der Waals surface area contributed by atoms with Crippen LogP contribution < -0.4 is 10.2 Å². The smallest absolute Gasteiger partial charge is 0.338 e. The van der Waals surface area contributed by atoms with Crippen molar-refractivity contribution in [1.29, 1.82) is 0 Å². The molecule has 1 fully saturated rings. The summed E-state index contributed by atoms with van der Waals surface area (Å²) < 4.78 is 10.2. The number of carbonyl (C=O) groups is 4. The van der Waals surface area contributed by atoms with Crippen LogP contribution in [0.15, 0.2) is 42.5 Å². The van der Waals surface area contributed by atoms with Crippen molar-refractivity contribution in [2.45, 2.75) is 19.8 Å². The number of hydrogen-bond acceptors (Lipinski definition) is 6. The fourth-order valence-corrected chi connectivity index (χ4v) is 3.54. The first kappa shape index (κ1) is 24.5. The van der Waals surface area contributed by atoms with Gasteiger partial charge in [-0.1, -0.05) is 30.1 Å². The molecule has 174 valence electrons. The summed E-state index contributed by atoms with van der Waals surface area (Å²) in [5, 5.41) is 3.20. The molecular weight excluding hydrogens is 471 g/mol. The van der Waals surface area contributed by atoms with Gasteiger partial charge in [-0.2, -0.15) is 0 Å². The number of esters is 2. The molecule has 2 aromatic carbocycles. The van der Waals surface area contributed by atoms with E-state index in [1.807, 2.05) is 6.92 Å². The number of halogens is 2. The maximum atomic E-state index is 12.4. The maximum Gasteiger partial charge on any atom is 0.338 e. The highest BCUT2D eigenvalue weighted by molar-refractivity contribution is 6.35. The lowest BCUT2D eigenvalue weighted by molar-refractivity contribution is -0.151. The van der Waals surface area contributed by atoms with Gasteiger partial charge in [0.1, 0.15) is 0 Å². The van der Waals surface area contributed by atoms with Crippen LogP contribution >= 0.6 is 23.2 Å². The largest absolute Gasteiger partial charge is 0.462 e.